The van der Waals surface area contributed by atoms with E-state index in [1.165, 1.54) is 30.5 Å². The van der Waals surface area contributed by atoms with Gasteiger partial charge in [-0.05, 0) is 53.2 Å². The van der Waals surface area contributed by atoms with Gasteiger partial charge in [-0.2, -0.15) is 0 Å². The second-order valence-electron chi connectivity index (χ2n) is 9.82. The zero-order chi connectivity index (χ0) is 20.8. The maximum absolute atomic E-state index is 6.99. The van der Waals surface area contributed by atoms with Gasteiger partial charge in [0.15, 0.2) is 0 Å². The molecule has 0 N–H and O–H groups in total. The highest BCUT2D eigenvalue weighted by Gasteiger charge is 2.49. The van der Waals surface area contributed by atoms with Crippen molar-refractivity contribution in [2.45, 2.75) is 116 Å². The number of aryl methyl sites for hydroxylation is 1. The summed E-state index contributed by atoms with van der Waals surface area (Å²) in [6.45, 7) is 24.2. The molecule has 156 valence electrons. The summed E-state index contributed by atoms with van der Waals surface area (Å²) < 4.78 is 6.99. The SMILES string of the molecule is CC[Si](C)(CC)C(C)CCC(C)[Si](Oc1cccc(C)c1)(C(C)C)C(C)C. The molecule has 0 amide bonds. The monoisotopic (exact) mass is 406 g/mol. The van der Waals surface area contributed by atoms with Crippen LogP contribution in [0, 0.1) is 6.92 Å². The van der Waals surface area contributed by atoms with Gasteiger partial charge in [-0.1, -0.05) is 92.6 Å². The fourth-order valence-electron chi connectivity index (χ4n) is 5.04. The molecule has 0 aliphatic rings. The van der Waals surface area contributed by atoms with Gasteiger partial charge in [-0.25, -0.2) is 0 Å². The van der Waals surface area contributed by atoms with Gasteiger partial charge in [0.05, 0.1) is 8.07 Å². The van der Waals surface area contributed by atoms with E-state index in [2.05, 4.69) is 93.1 Å². The molecule has 0 heterocycles. The highest BCUT2D eigenvalue weighted by molar-refractivity contribution is 6.80. The summed E-state index contributed by atoms with van der Waals surface area (Å²) in [7, 11) is -3.04. The molecule has 3 heteroatoms. The van der Waals surface area contributed by atoms with Gasteiger partial charge in [0, 0.05) is 0 Å². The van der Waals surface area contributed by atoms with E-state index in [4.69, 9.17) is 4.43 Å². The van der Waals surface area contributed by atoms with Crippen LogP contribution in [-0.2, 0) is 0 Å². The minimum absolute atomic E-state index is 0.615. The molecule has 0 radical (unpaired) electrons. The standard InChI is InChI=1S/C24H46OSi2/c1-11-26(10,12-2)22(8)16-17-23(9)27(19(3)4,20(5)6)25-24-15-13-14-21(7)18-24/h13-15,18-20,22-23H,11-12,16-17H2,1-10H3. The molecule has 0 bridgehead atoms. The Bertz CT molecular complexity index is 555. The normalized spacial score (nSPS) is 15.3. The summed E-state index contributed by atoms with van der Waals surface area (Å²) in [6, 6.07) is 11.5. The first-order valence-electron chi connectivity index (χ1n) is 11.3. The average Bonchev–Trinajstić information content (AvgIpc) is 2.62. The zero-order valence-corrected chi connectivity index (χ0v) is 21.9. The lowest BCUT2D eigenvalue weighted by Crippen LogP contribution is -2.51. The van der Waals surface area contributed by atoms with Crippen LogP contribution in [0.4, 0.5) is 0 Å². The minimum atomic E-state index is -1.95. The van der Waals surface area contributed by atoms with Gasteiger partial charge in [-0.3, -0.25) is 0 Å². The van der Waals surface area contributed by atoms with Gasteiger partial charge in [0.25, 0.3) is 8.32 Å². The lowest BCUT2D eigenvalue weighted by Gasteiger charge is -2.44. The first-order chi connectivity index (χ1) is 12.5. The van der Waals surface area contributed by atoms with Gasteiger partial charge >= 0.3 is 0 Å². The fraction of sp³-hybridized carbons (Fsp3) is 0.750. The zero-order valence-electron chi connectivity index (χ0n) is 19.9. The maximum Gasteiger partial charge on any atom is 0.259 e. The van der Waals surface area contributed by atoms with Gasteiger partial charge in [-0.15, -0.1) is 0 Å². The Kier molecular flexibility index (Phi) is 9.34. The molecule has 0 aromatic heterocycles. The van der Waals surface area contributed by atoms with Crippen molar-refractivity contribution in [2.24, 2.45) is 0 Å². The van der Waals surface area contributed by atoms with Crippen molar-refractivity contribution < 1.29 is 4.43 Å². The molecule has 0 saturated carbocycles. The topological polar surface area (TPSA) is 9.23 Å². The Labute approximate surface area is 172 Å². The van der Waals surface area contributed by atoms with Gasteiger partial charge in [0.2, 0.25) is 0 Å². The van der Waals surface area contributed by atoms with Crippen molar-refractivity contribution in [1.29, 1.82) is 0 Å². The quantitative estimate of drug-likeness (QED) is 0.333. The van der Waals surface area contributed by atoms with Crippen molar-refractivity contribution >= 4 is 16.4 Å². The van der Waals surface area contributed by atoms with Crippen LogP contribution in [0.5, 0.6) is 5.75 Å². The highest BCUT2D eigenvalue weighted by Crippen LogP contribution is 2.46. The number of hydrogen-bond acceptors (Lipinski definition) is 1. The molecule has 27 heavy (non-hydrogen) atoms. The summed E-state index contributed by atoms with van der Waals surface area (Å²) in [5.41, 5.74) is 4.10. The van der Waals surface area contributed by atoms with E-state index in [1.807, 2.05) is 0 Å². The van der Waals surface area contributed by atoms with Crippen molar-refractivity contribution in [3.63, 3.8) is 0 Å². The summed E-state index contributed by atoms with van der Waals surface area (Å²) in [6.07, 6.45) is 2.69. The summed E-state index contributed by atoms with van der Waals surface area (Å²) in [4.78, 5) is 0. The van der Waals surface area contributed by atoms with Crippen LogP contribution in [0.25, 0.3) is 0 Å². The molecule has 1 rings (SSSR count). The predicted molar refractivity (Wildman–Crippen MR) is 128 cm³/mol. The molecular weight excluding hydrogens is 360 g/mol. The molecule has 1 aromatic carbocycles. The van der Waals surface area contributed by atoms with Crippen molar-refractivity contribution in [1.82, 2.24) is 0 Å². The van der Waals surface area contributed by atoms with Crippen LogP contribution in [0.2, 0.25) is 40.8 Å². The van der Waals surface area contributed by atoms with Crippen LogP contribution < -0.4 is 4.43 Å². The number of rotatable bonds is 11. The molecule has 0 aliphatic carbocycles. The Hall–Kier alpha value is -0.546. The predicted octanol–water partition coefficient (Wildman–Crippen LogP) is 8.82. The third kappa shape index (κ3) is 5.73. The van der Waals surface area contributed by atoms with E-state index in [0.29, 0.717) is 16.6 Å². The van der Waals surface area contributed by atoms with E-state index >= 15 is 0 Å². The van der Waals surface area contributed by atoms with Crippen LogP contribution in [0.1, 0.15) is 73.8 Å². The van der Waals surface area contributed by atoms with Crippen LogP contribution >= 0.6 is 0 Å². The number of benzene rings is 1. The van der Waals surface area contributed by atoms with Crippen LogP contribution in [0.15, 0.2) is 24.3 Å². The Balaban J connectivity index is 3.05. The molecule has 0 saturated heterocycles. The minimum Gasteiger partial charge on any atom is -0.543 e. The van der Waals surface area contributed by atoms with Crippen LogP contribution in [-0.4, -0.2) is 16.4 Å². The summed E-state index contributed by atoms with van der Waals surface area (Å²) in [5, 5.41) is 0. The third-order valence-corrected chi connectivity index (χ3v) is 19.6. The molecule has 1 nitrogen and oxygen atoms in total. The maximum atomic E-state index is 6.99. The summed E-state index contributed by atoms with van der Waals surface area (Å²) in [5.74, 6) is 1.09. The van der Waals surface area contributed by atoms with E-state index in [9.17, 15) is 0 Å². The van der Waals surface area contributed by atoms with E-state index in [0.717, 1.165) is 11.3 Å². The third-order valence-electron chi connectivity index (χ3n) is 7.70. The van der Waals surface area contributed by atoms with Crippen LogP contribution in [0.3, 0.4) is 0 Å². The lowest BCUT2D eigenvalue weighted by atomic mass is 10.2. The van der Waals surface area contributed by atoms with Gasteiger partial charge in [0.1, 0.15) is 5.75 Å². The fourth-order valence-corrected chi connectivity index (χ4v) is 13.2. The molecule has 0 spiro atoms. The molecule has 1 aromatic rings. The van der Waals surface area contributed by atoms with Crippen molar-refractivity contribution in [3.05, 3.63) is 29.8 Å². The smallest absolute Gasteiger partial charge is 0.259 e. The summed E-state index contributed by atoms with van der Waals surface area (Å²) >= 11 is 0. The second-order valence-corrected chi connectivity index (χ2v) is 20.7. The second kappa shape index (κ2) is 10.3. The first-order valence-corrected chi connectivity index (χ1v) is 16.4. The number of hydrogen-bond donors (Lipinski definition) is 0. The molecule has 0 fully saturated rings. The molecule has 2 unspecified atom stereocenters. The van der Waals surface area contributed by atoms with Gasteiger partial charge < -0.3 is 4.43 Å². The molecular formula is C24H46OSi2. The van der Waals surface area contributed by atoms with E-state index in [1.54, 1.807) is 0 Å². The van der Waals surface area contributed by atoms with E-state index < -0.39 is 16.4 Å². The largest absolute Gasteiger partial charge is 0.543 e. The first kappa shape index (κ1) is 24.5. The van der Waals surface area contributed by atoms with Crippen molar-refractivity contribution in [2.75, 3.05) is 0 Å². The average molecular weight is 407 g/mol. The molecule has 0 aliphatic heterocycles. The van der Waals surface area contributed by atoms with Crippen molar-refractivity contribution in [3.8, 4) is 5.75 Å². The Morgan fingerprint density at radius 2 is 1.37 bits per heavy atom. The lowest BCUT2D eigenvalue weighted by molar-refractivity contribution is 0.462. The Morgan fingerprint density at radius 1 is 0.852 bits per heavy atom. The Morgan fingerprint density at radius 3 is 1.81 bits per heavy atom. The molecule has 2 atom stereocenters. The van der Waals surface area contributed by atoms with E-state index in [-0.39, 0.29) is 0 Å². The highest BCUT2D eigenvalue weighted by atomic mass is 28.4.